The van der Waals surface area contributed by atoms with Gasteiger partial charge in [0.2, 0.25) is 0 Å². The molecule has 5 rings (SSSR count). The highest BCUT2D eigenvalue weighted by atomic mass is 15.1. The fraction of sp³-hybridized carbons (Fsp3) is 0.333. The lowest BCUT2D eigenvalue weighted by Gasteiger charge is -2.17. The number of aryl methyl sites for hydroxylation is 5. The van der Waals surface area contributed by atoms with Crippen molar-refractivity contribution < 1.29 is 0 Å². The minimum absolute atomic E-state index is 0.533. The van der Waals surface area contributed by atoms with Gasteiger partial charge in [-0.05, 0) is 133 Å². The van der Waals surface area contributed by atoms with Crippen LogP contribution in [-0.2, 0) is 38.8 Å². The number of nitrogens with zero attached hydrogens (tertiary/aromatic N) is 3. The molecule has 1 aliphatic heterocycles. The third-order valence-corrected chi connectivity index (χ3v) is 8.44. The van der Waals surface area contributed by atoms with Gasteiger partial charge >= 0.3 is 0 Å². The Morgan fingerprint density at radius 2 is 1.57 bits per heavy atom. The molecule has 0 radical (unpaired) electrons. The van der Waals surface area contributed by atoms with Gasteiger partial charge in [-0.1, -0.05) is 48.5 Å². The minimum Gasteiger partial charge on any atom is -0.326 e. The van der Waals surface area contributed by atoms with Crippen molar-refractivity contribution in [1.82, 2.24) is 9.88 Å². The summed E-state index contributed by atoms with van der Waals surface area (Å²) in [7, 11) is 0. The van der Waals surface area contributed by atoms with Crippen molar-refractivity contribution in [3.63, 3.8) is 0 Å². The van der Waals surface area contributed by atoms with Crippen LogP contribution in [-0.4, -0.2) is 23.0 Å². The summed E-state index contributed by atoms with van der Waals surface area (Å²) in [5.41, 5.74) is 19.9. The van der Waals surface area contributed by atoms with E-state index < -0.39 is 0 Å². The van der Waals surface area contributed by atoms with E-state index in [-0.39, 0.29) is 0 Å². The molecule has 0 saturated carbocycles. The molecule has 0 atom stereocenters. The van der Waals surface area contributed by atoms with E-state index in [9.17, 15) is 5.26 Å². The SMILES string of the molecule is Cc1cc(CN)c(CCc2cncc(C#N)c2)cc1CCc1cccc(-c2cccc(CN3CCCC3)c2)c1C. The van der Waals surface area contributed by atoms with Crippen molar-refractivity contribution in [2.45, 2.75) is 65.5 Å². The molecule has 2 N–H and O–H groups in total. The lowest BCUT2D eigenvalue weighted by molar-refractivity contribution is 0.331. The molecule has 1 fully saturated rings. The normalized spacial score (nSPS) is 13.4. The topological polar surface area (TPSA) is 65.9 Å². The largest absolute Gasteiger partial charge is 0.326 e. The van der Waals surface area contributed by atoms with Gasteiger partial charge in [-0.15, -0.1) is 0 Å². The lowest BCUT2D eigenvalue weighted by atomic mass is 9.90. The van der Waals surface area contributed by atoms with Crippen LogP contribution in [0.4, 0.5) is 0 Å². The number of benzene rings is 3. The number of rotatable bonds is 10. The fourth-order valence-corrected chi connectivity index (χ4v) is 6.09. The summed E-state index contributed by atoms with van der Waals surface area (Å²) in [6, 6.07) is 24.6. The summed E-state index contributed by atoms with van der Waals surface area (Å²) in [5.74, 6) is 0. The van der Waals surface area contributed by atoms with Crippen molar-refractivity contribution >= 4 is 0 Å². The van der Waals surface area contributed by atoms with Crippen LogP contribution in [0.5, 0.6) is 0 Å². The first kappa shape index (κ1) is 27.8. The molecular formula is C36H40N4. The van der Waals surface area contributed by atoms with E-state index >= 15 is 0 Å². The molecule has 4 heteroatoms. The zero-order chi connectivity index (χ0) is 27.9. The van der Waals surface area contributed by atoms with Crippen molar-refractivity contribution in [3.8, 4) is 17.2 Å². The Hall–Kier alpha value is -3.78. The average molecular weight is 529 g/mol. The summed E-state index contributed by atoms with van der Waals surface area (Å²) in [4.78, 5) is 6.79. The number of hydrogen-bond acceptors (Lipinski definition) is 4. The summed E-state index contributed by atoms with van der Waals surface area (Å²) < 4.78 is 0. The smallest absolute Gasteiger partial charge is 0.101 e. The summed E-state index contributed by atoms with van der Waals surface area (Å²) in [6.45, 7) is 8.50. The highest BCUT2D eigenvalue weighted by Gasteiger charge is 2.14. The molecule has 0 spiro atoms. The summed E-state index contributed by atoms with van der Waals surface area (Å²) in [5, 5.41) is 9.21. The van der Waals surface area contributed by atoms with Crippen molar-refractivity contribution in [1.29, 1.82) is 5.26 Å². The number of nitrogens with two attached hydrogens (primary N) is 1. The van der Waals surface area contributed by atoms with Crippen molar-refractivity contribution in [2.75, 3.05) is 13.1 Å². The first-order valence-corrected chi connectivity index (χ1v) is 14.6. The predicted octanol–water partition coefficient (Wildman–Crippen LogP) is 6.86. The third-order valence-electron chi connectivity index (χ3n) is 8.44. The maximum absolute atomic E-state index is 9.21. The van der Waals surface area contributed by atoms with Crippen LogP contribution >= 0.6 is 0 Å². The number of likely N-dealkylation sites (tertiary alicyclic amines) is 1. The summed E-state index contributed by atoms with van der Waals surface area (Å²) >= 11 is 0. The van der Waals surface area contributed by atoms with Gasteiger partial charge in [-0.3, -0.25) is 9.88 Å². The quantitative estimate of drug-likeness (QED) is 0.244. The zero-order valence-electron chi connectivity index (χ0n) is 23.9. The van der Waals surface area contributed by atoms with E-state index in [0.717, 1.165) is 37.8 Å². The number of pyridine rings is 1. The highest BCUT2D eigenvalue weighted by molar-refractivity contribution is 5.69. The van der Waals surface area contributed by atoms with Crippen LogP contribution in [0.15, 0.2) is 73.1 Å². The molecule has 1 aliphatic rings. The van der Waals surface area contributed by atoms with Crippen molar-refractivity contribution in [2.24, 2.45) is 5.73 Å². The van der Waals surface area contributed by atoms with Gasteiger partial charge in [0, 0.05) is 25.5 Å². The third kappa shape index (κ3) is 6.67. The molecule has 4 nitrogen and oxygen atoms in total. The predicted molar refractivity (Wildman–Crippen MR) is 164 cm³/mol. The van der Waals surface area contributed by atoms with Gasteiger partial charge in [0.15, 0.2) is 0 Å². The minimum atomic E-state index is 0.533. The Bertz CT molecular complexity index is 1510. The second kappa shape index (κ2) is 13.0. The number of hydrogen-bond donors (Lipinski definition) is 1. The Kier molecular flexibility index (Phi) is 9.06. The van der Waals surface area contributed by atoms with E-state index in [2.05, 4.69) is 84.4 Å². The summed E-state index contributed by atoms with van der Waals surface area (Å²) in [6.07, 6.45) is 9.85. The van der Waals surface area contributed by atoms with E-state index in [4.69, 9.17) is 5.73 Å². The number of nitriles is 1. The van der Waals surface area contributed by atoms with Gasteiger partial charge in [-0.25, -0.2) is 0 Å². The van der Waals surface area contributed by atoms with Crippen molar-refractivity contribution in [3.05, 3.63) is 123 Å². The van der Waals surface area contributed by atoms with Gasteiger partial charge < -0.3 is 5.73 Å². The van der Waals surface area contributed by atoms with Gasteiger partial charge in [-0.2, -0.15) is 5.26 Å². The van der Waals surface area contributed by atoms with Gasteiger partial charge in [0.05, 0.1) is 5.56 Å². The Morgan fingerprint density at radius 1 is 0.800 bits per heavy atom. The Morgan fingerprint density at radius 3 is 2.38 bits per heavy atom. The molecule has 40 heavy (non-hydrogen) atoms. The standard InChI is InChI=1S/C36H40N4/c1-26-17-35(22-38)33(12-11-28-18-30(21-37)24-39-23-28)20-32(26)14-13-31-8-6-10-36(27(31)2)34-9-5-7-29(19-34)25-40-15-3-4-16-40/h5-10,17-20,23-24H,3-4,11-16,22,25,38H2,1-2H3. The molecule has 0 aliphatic carbocycles. The first-order chi connectivity index (χ1) is 19.5. The molecule has 2 heterocycles. The van der Waals surface area contributed by atoms with E-state index in [1.807, 2.05) is 12.3 Å². The van der Waals surface area contributed by atoms with Gasteiger partial charge in [0.1, 0.15) is 6.07 Å². The van der Waals surface area contributed by atoms with Crippen LogP contribution in [0.3, 0.4) is 0 Å². The second-order valence-electron chi connectivity index (χ2n) is 11.2. The fourth-order valence-electron chi connectivity index (χ4n) is 6.09. The van der Waals surface area contributed by atoms with E-state index in [1.54, 1.807) is 6.20 Å². The van der Waals surface area contributed by atoms with Gasteiger partial charge in [0.25, 0.3) is 0 Å². The van der Waals surface area contributed by atoms with E-state index in [1.165, 1.54) is 76.0 Å². The molecule has 0 bridgehead atoms. The maximum atomic E-state index is 9.21. The Labute approximate surface area is 239 Å². The number of aromatic nitrogens is 1. The first-order valence-electron chi connectivity index (χ1n) is 14.6. The molecule has 1 aromatic heterocycles. The average Bonchev–Trinajstić information content (AvgIpc) is 3.49. The van der Waals surface area contributed by atoms with E-state index in [0.29, 0.717) is 12.1 Å². The second-order valence-corrected chi connectivity index (χ2v) is 11.2. The molecular weight excluding hydrogens is 488 g/mol. The lowest BCUT2D eigenvalue weighted by Crippen LogP contribution is -2.18. The van der Waals surface area contributed by atoms with Crippen LogP contribution in [0.1, 0.15) is 62.9 Å². The van der Waals surface area contributed by atoms with Crippen LogP contribution < -0.4 is 5.73 Å². The monoisotopic (exact) mass is 528 g/mol. The molecule has 204 valence electrons. The molecule has 1 saturated heterocycles. The maximum Gasteiger partial charge on any atom is 0.101 e. The van der Waals surface area contributed by atoms with Crippen LogP contribution in [0, 0.1) is 25.2 Å². The molecule has 4 aromatic rings. The molecule has 0 unspecified atom stereocenters. The molecule has 3 aromatic carbocycles. The molecule has 0 amide bonds. The van der Waals surface area contributed by atoms with Crippen LogP contribution in [0.25, 0.3) is 11.1 Å². The zero-order valence-corrected chi connectivity index (χ0v) is 23.9. The highest BCUT2D eigenvalue weighted by Crippen LogP contribution is 2.29. The van der Waals surface area contributed by atoms with Crippen LogP contribution in [0.2, 0.25) is 0 Å². The Balaban J connectivity index is 1.31.